The molecule has 0 amide bonds. The van der Waals surface area contributed by atoms with E-state index in [1.54, 1.807) is 25.1 Å². The molecule has 0 saturated heterocycles. The number of methoxy groups -OCH3 is 1. The van der Waals surface area contributed by atoms with E-state index in [0.717, 1.165) is 25.7 Å². The van der Waals surface area contributed by atoms with Gasteiger partial charge in [0.1, 0.15) is 17.6 Å². The number of oxime groups is 1. The third kappa shape index (κ3) is 4.74. The highest BCUT2D eigenvalue weighted by atomic mass is 35.5. The summed E-state index contributed by atoms with van der Waals surface area (Å²) in [5.74, 6) is 0.516. The van der Waals surface area contributed by atoms with E-state index < -0.39 is 12.1 Å². The van der Waals surface area contributed by atoms with Crippen LogP contribution in [0.1, 0.15) is 45.1 Å². The number of halogens is 1. The Hall–Kier alpha value is -1.79. The van der Waals surface area contributed by atoms with Crippen molar-refractivity contribution in [1.29, 1.82) is 0 Å². The number of hydrogen-bond acceptors (Lipinski definition) is 6. The first-order valence-electron chi connectivity index (χ1n) is 9.44. The fraction of sp³-hybridized carbons (Fsp3) is 0.600. The van der Waals surface area contributed by atoms with Crippen molar-refractivity contribution in [1.82, 2.24) is 0 Å². The molecule has 1 aliphatic heterocycles. The van der Waals surface area contributed by atoms with Crippen molar-refractivity contribution in [3.63, 3.8) is 0 Å². The molecule has 0 aromatic heterocycles. The Morgan fingerprint density at radius 1 is 1.41 bits per heavy atom. The molecule has 0 bridgehead atoms. The number of nitrogens with zero attached hydrogens (tertiary/aromatic N) is 1. The van der Waals surface area contributed by atoms with Crippen molar-refractivity contribution >= 4 is 23.3 Å². The second-order valence-corrected chi connectivity index (χ2v) is 7.39. The molecule has 1 aromatic rings. The number of hydrogen-bond donors (Lipinski definition) is 0. The van der Waals surface area contributed by atoms with Gasteiger partial charge in [0.25, 0.3) is 0 Å². The summed E-state index contributed by atoms with van der Waals surface area (Å²) >= 11 is 6.22. The van der Waals surface area contributed by atoms with Gasteiger partial charge in [0.2, 0.25) is 0 Å². The van der Waals surface area contributed by atoms with Gasteiger partial charge in [-0.3, -0.25) is 0 Å². The highest BCUT2D eigenvalue weighted by Gasteiger charge is 2.46. The summed E-state index contributed by atoms with van der Waals surface area (Å²) in [6.45, 7) is 4.40. The summed E-state index contributed by atoms with van der Waals surface area (Å²) < 4.78 is 16.7. The van der Waals surface area contributed by atoms with E-state index in [1.165, 1.54) is 7.11 Å². The van der Waals surface area contributed by atoms with Crippen LogP contribution in [0.25, 0.3) is 0 Å². The largest absolute Gasteiger partial charge is 0.478 e. The molecule has 0 unspecified atom stereocenters. The standard InChI is InChI=1S/C20H26ClNO5/c1-4-5-10-25-19-17(22-27-18(19)13-6-7-13)15-11-14(21)8-9-16(15)26-12(2)20(23)24-3/h8-9,11-13,18-19H,4-7,10H2,1-3H3/t12-,18-,19-/m0/s1. The Labute approximate surface area is 164 Å². The Balaban J connectivity index is 1.86. The predicted octanol–water partition coefficient (Wildman–Crippen LogP) is 3.98. The van der Waals surface area contributed by atoms with Crippen LogP contribution in [-0.2, 0) is 19.1 Å². The van der Waals surface area contributed by atoms with Gasteiger partial charge in [-0.1, -0.05) is 30.1 Å². The van der Waals surface area contributed by atoms with Crippen LogP contribution < -0.4 is 4.74 Å². The van der Waals surface area contributed by atoms with Gasteiger partial charge in [-0.05, 0) is 44.4 Å². The normalized spacial score (nSPS) is 22.7. The third-order valence-corrected chi connectivity index (χ3v) is 5.01. The smallest absolute Gasteiger partial charge is 0.346 e. The van der Waals surface area contributed by atoms with Crippen LogP contribution in [0.2, 0.25) is 5.02 Å². The molecule has 2 aliphatic rings. The molecule has 3 rings (SSSR count). The lowest BCUT2D eigenvalue weighted by Crippen LogP contribution is -2.35. The van der Waals surface area contributed by atoms with Gasteiger partial charge < -0.3 is 19.0 Å². The molecule has 6 nitrogen and oxygen atoms in total. The summed E-state index contributed by atoms with van der Waals surface area (Å²) in [6, 6.07) is 5.22. The van der Waals surface area contributed by atoms with Crippen molar-refractivity contribution < 1.29 is 23.8 Å². The molecule has 1 aliphatic carbocycles. The lowest BCUT2D eigenvalue weighted by molar-refractivity contribution is -0.147. The predicted molar refractivity (Wildman–Crippen MR) is 102 cm³/mol. The van der Waals surface area contributed by atoms with Gasteiger partial charge in [-0.25, -0.2) is 4.79 Å². The number of carbonyl (C=O) groups is 1. The molecule has 27 heavy (non-hydrogen) atoms. The molecule has 0 radical (unpaired) electrons. The zero-order valence-electron chi connectivity index (χ0n) is 15.9. The van der Waals surface area contributed by atoms with Crippen molar-refractivity contribution in [2.45, 2.75) is 57.8 Å². The molecular formula is C20H26ClNO5. The van der Waals surface area contributed by atoms with Gasteiger partial charge in [0.05, 0.1) is 7.11 Å². The maximum atomic E-state index is 11.8. The summed E-state index contributed by atoms with van der Waals surface area (Å²) in [4.78, 5) is 17.5. The minimum atomic E-state index is -0.753. The zero-order chi connectivity index (χ0) is 19.4. The number of rotatable bonds is 9. The van der Waals surface area contributed by atoms with E-state index in [1.807, 2.05) is 0 Å². The van der Waals surface area contributed by atoms with E-state index in [4.69, 9.17) is 30.6 Å². The number of ether oxygens (including phenoxy) is 3. The Morgan fingerprint density at radius 2 is 2.19 bits per heavy atom. The van der Waals surface area contributed by atoms with Gasteiger partial charge in [-0.15, -0.1) is 0 Å². The second-order valence-electron chi connectivity index (χ2n) is 6.95. The summed E-state index contributed by atoms with van der Waals surface area (Å²) in [7, 11) is 1.33. The second kappa shape index (κ2) is 8.93. The fourth-order valence-corrected chi connectivity index (χ4v) is 3.25. The average Bonchev–Trinajstić information content (AvgIpc) is 3.43. The molecule has 0 spiro atoms. The van der Waals surface area contributed by atoms with Crippen LogP contribution in [0.3, 0.4) is 0 Å². The molecule has 1 fully saturated rings. The van der Waals surface area contributed by atoms with Gasteiger partial charge in [0, 0.05) is 23.1 Å². The highest BCUT2D eigenvalue weighted by Crippen LogP contribution is 2.41. The van der Waals surface area contributed by atoms with Crippen molar-refractivity contribution in [2.75, 3.05) is 13.7 Å². The fourth-order valence-electron chi connectivity index (χ4n) is 3.08. The molecular weight excluding hydrogens is 370 g/mol. The minimum absolute atomic E-state index is 0.0817. The first kappa shape index (κ1) is 20.0. The number of benzene rings is 1. The minimum Gasteiger partial charge on any atom is -0.478 e. The molecule has 3 atom stereocenters. The van der Waals surface area contributed by atoms with Crippen LogP contribution in [0.4, 0.5) is 0 Å². The van der Waals surface area contributed by atoms with E-state index in [2.05, 4.69) is 12.1 Å². The van der Waals surface area contributed by atoms with E-state index in [0.29, 0.717) is 34.6 Å². The van der Waals surface area contributed by atoms with Crippen LogP contribution >= 0.6 is 11.6 Å². The molecule has 1 heterocycles. The van der Waals surface area contributed by atoms with Crippen LogP contribution in [0, 0.1) is 5.92 Å². The Morgan fingerprint density at radius 3 is 2.85 bits per heavy atom. The number of carbonyl (C=O) groups excluding carboxylic acids is 1. The number of unbranched alkanes of at least 4 members (excludes halogenated alkanes) is 1. The summed E-state index contributed by atoms with van der Waals surface area (Å²) in [5.41, 5.74) is 1.35. The molecule has 1 aromatic carbocycles. The van der Waals surface area contributed by atoms with Crippen molar-refractivity contribution in [3.8, 4) is 5.75 Å². The highest BCUT2D eigenvalue weighted by molar-refractivity contribution is 6.31. The summed E-state index contributed by atoms with van der Waals surface area (Å²) in [6.07, 6.45) is 3.17. The lowest BCUT2D eigenvalue weighted by Gasteiger charge is -2.21. The lowest BCUT2D eigenvalue weighted by atomic mass is 9.98. The molecule has 0 N–H and O–H groups in total. The van der Waals surface area contributed by atoms with Crippen LogP contribution in [0.15, 0.2) is 23.4 Å². The van der Waals surface area contributed by atoms with Gasteiger partial charge in [-0.2, -0.15) is 0 Å². The monoisotopic (exact) mass is 395 g/mol. The average molecular weight is 396 g/mol. The third-order valence-electron chi connectivity index (χ3n) is 4.78. The first-order valence-corrected chi connectivity index (χ1v) is 9.82. The quantitative estimate of drug-likeness (QED) is 0.467. The van der Waals surface area contributed by atoms with E-state index in [-0.39, 0.29) is 12.2 Å². The Bertz CT molecular complexity index is 704. The van der Waals surface area contributed by atoms with Crippen molar-refractivity contribution in [3.05, 3.63) is 28.8 Å². The molecule has 148 valence electrons. The topological polar surface area (TPSA) is 66.4 Å². The Kier molecular flexibility index (Phi) is 6.60. The maximum absolute atomic E-state index is 11.8. The van der Waals surface area contributed by atoms with Crippen LogP contribution in [0.5, 0.6) is 5.75 Å². The van der Waals surface area contributed by atoms with E-state index >= 15 is 0 Å². The zero-order valence-corrected chi connectivity index (χ0v) is 16.7. The number of esters is 1. The summed E-state index contributed by atoms with van der Waals surface area (Å²) in [5, 5.41) is 4.87. The van der Waals surface area contributed by atoms with Crippen LogP contribution in [-0.4, -0.2) is 43.7 Å². The van der Waals surface area contributed by atoms with Gasteiger partial charge in [0.15, 0.2) is 12.2 Å². The van der Waals surface area contributed by atoms with Crippen molar-refractivity contribution in [2.24, 2.45) is 11.1 Å². The van der Waals surface area contributed by atoms with Gasteiger partial charge >= 0.3 is 5.97 Å². The maximum Gasteiger partial charge on any atom is 0.346 e. The SMILES string of the molecule is CCCCO[C@H]1C(c2cc(Cl)ccc2O[C@@H](C)C(=O)OC)=NO[C@H]1C1CC1. The molecule has 7 heteroatoms. The molecule has 1 saturated carbocycles. The first-order chi connectivity index (χ1) is 13.0. The van der Waals surface area contributed by atoms with E-state index in [9.17, 15) is 4.79 Å².